The van der Waals surface area contributed by atoms with Crippen molar-refractivity contribution in [3.8, 4) is 0 Å². The highest BCUT2D eigenvalue weighted by Crippen LogP contribution is 2.09. The van der Waals surface area contributed by atoms with Gasteiger partial charge in [0.05, 0.1) is 32.7 Å². The molecule has 1 aromatic heterocycles. The molecule has 0 amide bonds. The maximum Gasteiger partial charge on any atom is 0.129 e. The summed E-state index contributed by atoms with van der Waals surface area (Å²) in [5.74, 6) is 1.51. The third kappa shape index (κ3) is 8.32. The highest BCUT2D eigenvalue weighted by molar-refractivity contribution is 5.11. The zero-order chi connectivity index (χ0) is 14.6. The number of nitrogens with one attached hydrogen (secondary N) is 1. The smallest absolute Gasteiger partial charge is 0.129 e. The van der Waals surface area contributed by atoms with Crippen LogP contribution in [0.2, 0.25) is 0 Å². The van der Waals surface area contributed by atoms with Crippen LogP contribution in [0.25, 0.3) is 0 Å². The number of furan rings is 1. The molecule has 0 saturated heterocycles. The molecule has 0 saturated carbocycles. The standard InChI is InChI=1S/C15H27NO4/c1-13(2)9-16-10-14-8-15(20-11-14)12-19-7-6-18-5-4-17-3/h8,11,13,16H,4-7,9-10,12H2,1-3H3. The van der Waals surface area contributed by atoms with Gasteiger partial charge in [-0.2, -0.15) is 0 Å². The van der Waals surface area contributed by atoms with Crippen molar-refractivity contribution in [1.29, 1.82) is 0 Å². The van der Waals surface area contributed by atoms with E-state index in [1.807, 2.05) is 6.07 Å². The third-order valence-corrected chi connectivity index (χ3v) is 2.64. The SMILES string of the molecule is COCCOCCOCc1cc(CNCC(C)C)co1. The van der Waals surface area contributed by atoms with Crippen LogP contribution in [0.1, 0.15) is 25.2 Å². The molecular formula is C15H27NO4. The first-order valence-corrected chi connectivity index (χ1v) is 7.13. The molecule has 0 aliphatic carbocycles. The molecular weight excluding hydrogens is 258 g/mol. The summed E-state index contributed by atoms with van der Waals surface area (Å²) in [6, 6.07) is 2.03. The molecule has 1 rings (SSSR count). The van der Waals surface area contributed by atoms with E-state index in [0.29, 0.717) is 39.0 Å². The van der Waals surface area contributed by atoms with Crippen molar-refractivity contribution in [3.63, 3.8) is 0 Å². The minimum Gasteiger partial charge on any atom is -0.467 e. The molecule has 0 aromatic carbocycles. The average Bonchev–Trinajstić information content (AvgIpc) is 2.85. The fourth-order valence-electron chi connectivity index (χ4n) is 1.63. The normalized spacial score (nSPS) is 11.4. The Bertz CT molecular complexity index is 338. The van der Waals surface area contributed by atoms with Crippen LogP contribution in [0.5, 0.6) is 0 Å². The second-order valence-corrected chi connectivity index (χ2v) is 5.10. The van der Waals surface area contributed by atoms with Gasteiger partial charge in [-0.1, -0.05) is 13.8 Å². The summed E-state index contributed by atoms with van der Waals surface area (Å²) in [6.45, 7) is 9.07. The zero-order valence-electron chi connectivity index (χ0n) is 12.8. The van der Waals surface area contributed by atoms with Gasteiger partial charge in [0.25, 0.3) is 0 Å². The van der Waals surface area contributed by atoms with E-state index in [2.05, 4.69) is 19.2 Å². The van der Waals surface area contributed by atoms with Gasteiger partial charge < -0.3 is 23.9 Å². The Balaban J connectivity index is 2.05. The molecule has 5 heteroatoms. The number of hydrogen-bond donors (Lipinski definition) is 1. The first-order valence-electron chi connectivity index (χ1n) is 7.13. The molecule has 5 nitrogen and oxygen atoms in total. The molecule has 0 bridgehead atoms. The molecule has 20 heavy (non-hydrogen) atoms. The van der Waals surface area contributed by atoms with Crippen molar-refractivity contribution in [2.75, 3.05) is 40.1 Å². The molecule has 0 radical (unpaired) electrons. The lowest BCUT2D eigenvalue weighted by Crippen LogP contribution is -2.18. The molecule has 0 aliphatic rings. The maximum absolute atomic E-state index is 5.48. The predicted octanol–water partition coefficient (Wildman–Crippen LogP) is 2.20. The summed E-state index contributed by atoms with van der Waals surface area (Å²) in [5.41, 5.74) is 1.15. The van der Waals surface area contributed by atoms with Crippen molar-refractivity contribution >= 4 is 0 Å². The lowest BCUT2D eigenvalue weighted by molar-refractivity contribution is 0.0162. The minimum atomic E-state index is 0.484. The van der Waals surface area contributed by atoms with E-state index in [4.69, 9.17) is 18.6 Å². The van der Waals surface area contributed by atoms with E-state index in [0.717, 1.165) is 24.4 Å². The Hall–Kier alpha value is -0.880. The van der Waals surface area contributed by atoms with Crippen LogP contribution < -0.4 is 5.32 Å². The van der Waals surface area contributed by atoms with Crippen LogP contribution in [0.15, 0.2) is 16.7 Å². The van der Waals surface area contributed by atoms with Crippen LogP contribution in [0.4, 0.5) is 0 Å². The van der Waals surface area contributed by atoms with Gasteiger partial charge in [0.15, 0.2) is 0 Å². The van der Waals surface area contributed by atoms with Gasteiger partial charge in [0.1, 0.15) is 12.4 Å². The monoisotopic (exact) mass is 285 g/mol. The molecule has 0 fully saturated rings. The van der Waals surface area contributed by atoms with E-state index < -0.39 is 0 Å². The van der Waals surface area contributed by atoms with Crippen LogP contribution in [-0.2, 0) is 27.4 Å². The zero-order valence-corrected chi connectivity index (χ0v) is 12.8. The van der Waals surface area contributed by atoms with E-state index in [1.165, 1.54) is 0 Å². The van der Waals surface area contributed by atoms with E-state index in [-0.39, 0.29) is 0 Å². The third-order valence-electron chi connectivity index (χ3n) is 2.64. The van der Waals surface area contributed by atoms with Gasteiger partial charge in [-0.3, -0.25) is 0 Å². The summed E-state index contributed by atoms with van der Waals surface area (Å²) in [7, 11) is 1.66. The Labute approximate surface area is 121 Å². The van der Waals surface area contributed by atoms with Gasteiger partial charge in [0.2, 0.25) is 0 Å². The molecule has 0 aliphatic heterocycles. The first-order chi connectivity index (χ1) is 9.72. The summed E-state index contributed by atoms with van der Waals surface area (Å²) in [5, 5.41) is 3.38. The van der Waals surface area contributed by atoms with Gasteiger partial charge >= 0.3 is 0 Å². The average molecular weight is 285 g/mol. The first kappa shape index (κ1) is 17.2. The molecule has 1 aromatic rings. The number of rotatable bonds is 12. The molecule has 1 heterocycles. The lowest BCUT2D eigenvalue weighted by Gasteiger charge is -2.05. The summed E-state index contributed by atoms with van der Waals surface area (Å²) >= 11 is 0. The van der Waals surface area contributed by atoms with Gasteiger partial charge in [0, 0.05) is 19.2 Å². The summed E-state index contributed by atoms with van der Waals surface area (Å²) in [4.78, 5) is 0. The van der Waals surface area contributed by atoms with Crippen molar-refractivity contribution < 1.29 is 18.6 Å². The largest absolute Gasteiger partial charge is 0.467 e. The van der Waals surface area contributed by atoms with Crippen LogP contribution >= 0.6 is 0 Å². The molecule has 1 N–H and O–H groups in total. The van der Waals surface area contributed by atoms with Crippen molar-refractivity contribution in [1.82, 2.24) is 5.32 Å². The highest BCUT2D eigenvalue weighted by atomic mass is 16.5. The summed E-state index contributed by atoms with van der Waals surface area (Å²) < 4.78 is 21.1. The van der Waals surface area contributed by atoms with Crippen LogP contribution in [0.3, 0.4) is 0 Å². The Morgan fingerprint density at radius 3 is 2.65 bits per heavy atom. The van der Waals surface area contributed by atoms with E-state index >= 15 is 0 Å². The second kappa shape index (κ2) is 10.9. The quantitative estimate of drug-likeness (QED) is 0.597. The van der Waals surface area contributed by atoms with Crippen molar-refractivity contribution in [2.45, 2.75) is 27.0 Å². The number of hydrogen-bond acceptors (Lipinski definition) is 5. The van der Waals surface area contributed by atoms with E-state index in [1.54, 1.807) is 13.4 Å². The molecule has 116 valence electrons. The van der Waals surface area contributed by atoms with Gasteiger partial charge in [-0.25, -0.2) is 0 Å². The maximum atomic E-state index is 5.48. The van der Waals surface area contributed by atoms with Crippen LogP contribution in [-0.4, -0.2) is 40.1 Å². The minimum absolute atomic E-state index is 0.484. The Kier molecular flexibility index (Phi) is 9.32. The van der Waals surface area contributed by atoms with Gasteiger partial charge in [-0.05, 0) is 18.5 Å². The topological polar surface area (TPSA) is 52.9 Å². The van der Waals surface area contributed by atoms with Crippen molar-refractivity contribution in [2.24, 2.45) is 5.92 Å². The molecule has 0 spiro atoms. The predicted molar refractivity (Wildman–Crippen MR) is 77.6 cm³/mol. The van der Waals surface area contributed by atoms with Gasteiger partial charge in [-0.15, -0.1) is 0 Å². The number of methoxy groups -OCH3 is 1. The Morgan fingerprint density at radius 1 is 1.15 bits per heavy atom. The molecule has 0 unspecified atom stereocenters. The Morgan fingerprint density at radius 2 is 1.90 bits per heavy atom. The van der Waals surface area contributed by atoms with Crippen LogP contribution in [0, 0.1) is 5.92 Å². The second-order valence-electron chi connectivity index (χ2n) is 5.10. The van der Waals surface area contributed by atoms with E-state index in [9.17, 15) is 0 Å². The van der Waals surface area contributed by atoms with Crippen molar-refractivity contribution in [3.05, 3.63) is 23.7 Å². The fraction of sp³-hybridized carbons (Fsp3) is 0.733. The highest BCUT2D eigenvalue weighted by Gasteiger charge is 2.02. The lowest BCUT2D eigenvalue weighted by atomic mass is 10.2. The molecule has 0 atom stereocenters. The number of ether oxygens (including phenoxy) is 3. The summed E-state index contributed by atoms with van der Waals surface area (Å²) in [6.07, 6.45) is 1.78. The fourth-order valence-corrected chi connectivity index (χ4v) is 1.63.